The number of aryl methyl sites for hydroxylation is 2. The quantitative estimate of drug-likeness (QED) is 0.563. The molecule has 22 heavy (non-hydrogen) atoms. The fourth-order valence-corrected chi connectivity index (χ4v) is 7.87. The van der Waals surface area contributed by atoms with Crippen LogP contribution in [0.15, 0.2) is 64.5 Å². The summed E-state index contributed by atoms with van der Waals surface area (Å²) in [7, 11) is 0. The maximum Gasteiger partial charge on any atom is 0.0706 e. The average Bonchev–Trinajstić information content (AvgIpc) is 3.16. The molecule has 0 spiro atoms. The Morgan fingerprint density at radius 1 is 0.591 bits per heavy atom. The van der Waals surface area contributed by atoms with Crippen molar-refractivity contribution in [1.29, 1.82) is 0 Å². The molecule has 4 heteroatoms. The SMILES string of the molecule is CCc1ccc2c(c1)S/C(=C1\Sc3ccc(CC)cc3S1)S2. The summed E-state index contributed by atoms with van der Waals surface area (Å²) >= 11 is 7.76. The molecule has 2 heterocycles. The van der Waals surface area contributed by atoms with Crippen LogP contribution in [0.2, 0.25) is 0 Å². The number of hydrogen-bond donors (Lipinski definition) is 0. The minimum Gasteiger partial charge on any atom is -0.0798 e. The fourth-order valence-electron chi connectivity index (χ4n) is 2.48. The van der Waals surface area contributed by atoms with Gasteiger partial charge >= 0.3 is 0 Å². The lowest BCUT2D eigenvalue weighted by molar-refractivity contribution is 1.10. The molecule has 0 amide bonds. The second kappa shape index (κ2) is 6.23. The summed E-state index contributed by atoms with van der Waals surface area (Å²) in [4.78, 5) is 5.68. The van der Waals surface area contributed by atoms with E-state index in [2.05, 4.69) is 50.2 Å². The Morgan fingerprint density at radius 3 is 1.41 bits per heavy atom. The normalized spacial score (nSPS) is 19.4. The van der Waals surface area contributed by atoms with Crippen LogP contribution in [0.1, 0.15) is 25.0 Å². The first-order valence-electron chi connectivity index (χ1n) is 7.48. The summed E-state index contributed by atoms with van der Waals surface area (Å²) in [6.07, 6.45) is 2.22. The molecule has 2 aromatic rings. The van der Waals surface area contributed by atoms with Gasteiger partial charge in [-0.25, -0.2) is 0 Å². The lowest BCUT2D eigenvalue weighted by Crippen LogP contribution is -1.79. The average molecular weight is 361 g/mol. The molecule has 4 rings (SSSR count). The van der Waals surface area contributed by atoms with Crippen LogP contribution < -0.4 is 0 Å². The Labute approximate surface area is 148 Å². The highest BCUT2D eigenvalue weighted by molar-refractivity contribution is 8.30. The molecular weight excluding hydrogens is 344 g/mol. The maximum absolute atomic E-state index is 2.35. The number of benzene rings is 2. The van der Waals surface area contributed by atoms with Gasteiger partial charge in [-0.05, 0) is 48.2 Å². The molecule has 0 atom stereocenters. The van der Waals surface area contributed by atoms with Crippen LogP contribution in [0.25, 0.3) is 0 Å². The molecule has 2 aliphatic rings. The Morgan fingerprint density at radius 2 is 1.00 bits per heavy atom. The van der Waals surface area contributed by atoms with Crippen molar-refractivity contribution in [2.24, 2.45) is 0 Å². The van der Waals surface area contributed by atoms with Crippen molar-refractivity contribution in [3.05, 3.63) is 56.0 Å². The van der Waals surface area contributed by atoms with Gasteiger partial charge in [-0.15, -0.1) is 0 Å². The monoisotopic (exact) mass is 360 g/mol. The topological polar surface area (TPSA) is 0 Å². The second-order valence-corrected chi connectivity index (χ2v) is 9.98. The van der Waals surface area contributed by atoms with E-state index in [0.29, 0.717) is 0 Å². The first-order chi connectivity index (χ1) is 10.8. The number of rotatable bonds is 2. The van der Waals surface area contributed by atoms with Crippen LogP contribution in [0.3, 0.4) is 0 Å². The van der Waals surface area contributed by atoms with Crippen LogP contribution in [0.4, 0.5) is 0 Å². The van der Waals surface area contributed by atoms with Crippen LogP contribution in [0.5, 0.6) is 0 Å². The Bertz CT molecular complexity index is 711. The molecule has 0 fully saturated rings. The van der Waals surface area contributed by atoms with Crippen LogP contribution in [0, 0.1) is 0 Å². The van der Waals surface area contributed by atoms with E-state index < -0.39 is 0 Å². The van der Waals surface area contributed by atoms with Gasteiger partial charge < -0.3 is 0 Å². The Kier molecular flexibility index (Phi) is 4.29. The largest absolute Gasteiger partial charge is 0.0798 e. The zero-order chi connectivity index (χ0) is 15.1. The van der Waals surface area contributed by atoms with E-state index in [0.717, 1.165) is 12.8 Å². The smallest absolute Gasteiger partial charge is 0.0706 e. The standard InChI is InChI=1S/C18H16S4/c1-3-11-5-7-13-15(9-11)21-17(19-13)18-20-14-8-6-12(4-2)10-16(14)22-18/h5-10H,3-4H2,1-2H3/b18-17+. The van der Waals surface area contributed by atoms with Gasteiger partial charge in [0.05, 0.1) is 8.47 Å². The number of hydrogen-bond acceptors (Lipinski definition) is 4. The van der Waals surface area contributed by atoms with Gasteiger partial charge in [0.1, 0.15) is 0 Å². The van der Waals surface area contributed by atoms with Crippen molar-refractivity contribution in [2.75, 3.05) is 0 Å². The Balaban J connectivity index is 1.62. The van der Waals surface area contributed by atoms with E-state index in [9.17, 15) is 0 Å². The lowest BCUT2D eigenvalue weighted by Gasteiger charge is -1.99. The lowest BCUT2D eigenvalue weighted by atomic mass is 10.2. The molecule has 0 saturated heterocycles. The number of fused-ring (bicyclic) bond motifs is 2. The predicted octanol–water partition coefficient (Wildman–Crippen LogP) is 7.03. The summed E-state index contributed by atoms with van der Waals surface area (Å²) in [6.45, 7) is 4.44. The van der Waals surface area contributed by atoms with E-state index >= 15 is 0 Å². The van der Waals surface area contributed by atoms with E-state index in [1.54, 1.807) is 0 Å². The van der Waals surface area contributed by atoms with Crippen LogP contribution in [-0.2, 0) is 12.8 Å². The van der Waals surface area contributed by atoms with Gasteiger partial charge in [-0.2, -0.15) is 0 Å². The molecular formula is C18H16S4. The summed E-state index contributed by atoms with van der Waals surface area (Å²) in [5.41, 5.74) is 2.86. The summed E-state index contributed by atoms with van der Waals surface area (Å²) < 4.78 is 2.90. The highest BCUT2D eigenvalue weighted by Crippen LogP contribution is 2.61. The molecule has 2 aliphatic heterocycles. The van der Waals surface area contributed by atoms with E-state index in [1.807, 2.05) is 47.0 Å². The van der Waals surface area contributed by atoms with Gasteiger partial charge in [-0.3, -0.25) is 0 Å². The summed E-state index contributed by atoms with van der Waals surface area (Å²) in [5.74, 6) is 0. The molecule has 0 bridgehead atoms. The van der Waals surface area contributed by atoms with Gasteiger partial charge in [0.2, 0.25) is 0 Å². The third-order valence-electron chi connectivity index (χ3n) is 3.81. The highest BCUT2D eigenvalue weighted by Gasteiger charge is 2.26. The molecule has 0 aliphatic carbocycles. The van der Waals surface area contributed by atoms with E-state index in [4.69, 9.17) is 0 Å². The molecule has 0 unspecified atom stereocenters. The minimum absolute atomic E-state index is 1.11. The van der Waals surface area contributed by atoms with Crippen LogP contribution in [-0.4, -0.2) is 0 Å². The third kappa shape index (κ3) is 2.75. The molecule has 0 radical (unpaired) electrons. The van der Waals surface area contributed by atoms with E-state index in [1.165, 1.54) is 39.2 Å². The second-order valence-electron chi connectivity index (χ2n) is 5.25. The van der Waals surface area contributed by atoms with E-state index in [-0.39, 0.29) is 0 Å². The van der Waals surface area contributed by atoms with Gasteiger partial charge in [0, 0.05) is 19.6 Å². The summed E-state index contributed by atoms with van der Waals surface area (Å²) in [6, 6.07) is 13.8. The van der Waals surface area contributed by atoms with Crippen molar-refractivity contribution < 1.29 is 0 Å². The van der Waals surface area contributed by atoms with Gasteiger partial charge in [0.15, 0.2) is 0 Å². The zero-order valence-corrected chi connectivity index (χ0v) is 15.8. The van der Waals surface area contributed by atoms with Crippen molar-refractivity contribution >= 4 is 47.0 Å². The fraction of sp³-hybridized carbons (Fsp3) is 0.222. The molecule has 0 N–H and O–H groups in total. The Hall–Kier alpha value is -0.420. The van der Waals surface area contributed by atoms with Crippen LogP contribution >= 0.6 is 47.0 Å². The number of thioether (sulfide) groups is 4. The van der Waals surface area contributed by atoms with Gasteiger partial charge in [-0.1, -0.05) is 73.0 Å². The third-order valence-corrected chi connectivity index (χ3v) is 9.41. The minimum atomic E-state index is 1.11. The zero-order valence-electron chi connectivity index (χ0n) is 12.5. The van der Waals surface area contributed by atoms with Crippen molar-refractivity contribution in [3.8, 4) is 0 Å². The molecule has 0 saturated carbocycles. The van der Waals surface area contributed by atoms with Crippen molar-refractivity contribution in [2.45, 2.75) is 46.3 Å². The first-order valence-corrected chi connectivity index (χ1v) is 10.7. The molecule has 0 aromatic heterocycles. The predicted molar refractivity (Wildman–Crippen MR) is 102 cm³/mol. The maximum atomic E-state index is 2.35. The first kappa shape index (κ1) is 15.1. The highest BCUT2D eigenvalue weighted by atomic mass is 32.2. The molecule has 2 aromatic carbocycles. The molecule has 0 nitrogen and oxygen atoms in total. The summed E-state index contributed by atoms with van der Waals surface area (Å²) in [5, 5.41) is 0. The van der Waals surface area contributed by atoms with Crippen molar-refractivity contribution in [1.82, 2.24) is 0 Å². The van der Waals surface area contributed by atoms with Gasteiger partial charge in [0.25, 0.3) is 0 Å². The molecule has 112 valence electrons. The van der Waals surface area contributed by atoms with Crippen molar-refractivity contribution in [3.63, 3.8) is 0 Å².